The first-order chi connectivity index (χ1) is 12.4. The maximum Gasteiger partial charge on any atom is 0.253 e. The molecule has 2 amide bonds. The summed E-state index contributed by atoms with van der Waals surface area (Å²) in [4.78, 5) is 25.4. The minimum Gasteiger partial charge on any atom is -0.496 e. The van der Waals surface area contributed by atoms with Crippen LogP contribution in [0.4, 0.5) is 0 Å². The van der Waals surface area contributed by atoms with Crippen molar-refractivity contribution in [2.24, 2.45) is 0 Å². The van der Waals surface area contributed by atoms with E-state index in [-0.39, 0.29) is 11.8 Å². The van der Waals surface area contributed by atoms with E-state index in [1.54, 1.807) is 33.3 Å². The van der Waals surface area contributed by atoms with Gasteiger partial charge in [0.05, 0.1) is 11.6 Å². The molecule has 0 bridgehead atoms. The van der Waals surface area contributed by atoms with Crippen LogP contribution in [0.25, 0.3) is 0 Å². The topological polar surface area (TPSA) is 58.6 Å². The van der Waals surface area contributed by atoms with Crippen molar-refractivity contribution in [3.05, 3.63) is 63.6 Å². The number of halogens is 1. The van der Waals surface area contributed by atoms with Gasteiger partial charge in [-0.2, -0.15) is 0 Å². The Hall–Kier alpha value is -2.34. The monoisotopic (exact) mass is 418 g/mol. The maximum absolute atomic E-state index is 12.1. The number of rotatable bonds is 7. The van der Waals surface area contributed by atoms with Gasteiger partial charge in [0.2, 0.25) is 5.91 Å². The van der Waals surface area contributed by atoms with Gasteiger partial charge in [-0.3, -0.25) is 9.59 Å². The number of ether oxygens (including phenoxy) is 1. The Kier molecular flexibility index (Phi) is 7.21. The smallest absolute Gasteiger partial charge is 0.253 e. The molecule has 0 saturated heterocycles. The van der Waals surface area contributed by atoms with E-state index in [4.69, 9.17) is 4.74 Å². The van der Waals surface area contributed by atoms with Gasteiger partial charge in [-0.05, 0) is 57.7 Å². The number of aryl methyl sites for hydroxylation is 1. The summed E-state index contributed by atoms with van der Waals surface area (Å²) in [6, 6.07) is 13.1. The lowest BCUT2D eigenvalue weighted by Gasteiger charge is -2.11. The van der Waals surface area contributed by atoms with E-state index < -0.39 is 0 Å². The van der Waals surface area contributed by atoms with Gasteiger partial charge in [-0.15, -0.1) is 0 Å². The van der Waals surface area contributed by atoms with Gasteiger partial charge >= 0.3 is 0 Å². The number of carbonyl (C=O) groups excluding carboxylic acids is 2. The molecule has 0 unspecified atom stereocenters. The largest absolute Gasteiger partial charge is 0.496 e. The van der Waals surface area contributed by atoms with Crippen molar-refractivity contribution in [1.29, 1.82) is 0 Å². The molecule has 26 heavy (non-hydrogen) atoms. The van der Waals surface area contributed by atoms with Crippen LogP contribution in [0.5, 0.6) is 5.75 Å². The van der Waals surface area contributed by atoms with Crippen LogP contribution in [-0.4, -0.2) is 37.9 Å². The Morgan fingerprint density at radius 3 is 2.31 bits per heavy atom. The lowest BCUT2D eigenvalue weighted by atomic mass is 10.1. The fourth-order valence-electron chi connectivity index (χ4n) is 2.44. The summed E-state index contributed by atoms with van der Waals surface area (Å²) >= 11 is 3.45. The number of amides is 2. The van der Waals surface area contributed by atoms with Crippen LogP contribution in [0.2, 0.25) is 0 Å². The van der Waals surface area contributed by atoms with Crippen LogP contribution in [0, 0.1) is 0 Å². The number of nitrogens with one attached hydrogen (secondary N) is 1. The first kappa shape index (κ1) is 20.0. The molecule has 2 aromatic rings. The molecule has 5 nitrogen and oxygen atoms in total. The quantitative estimate of drug-likeness (QED) is 0.749. The van der Waals surface area contributed by atoms with Gasteiger partial charge in [0.25, 0.3) is 5.91 Å². The molecule has 2 aromatic carbocycles. The number of benzene rings is 2. The Balaban J connectivity index is 1.81. The third kappa shape index (κ3) is 5.59. The summed E-state index contributed by atoms with van der Waals surface area (Å²) in [5, 5.41) is 2.91. The number of methoxy groups -OCH3 is 1. The molecule has 0 aliphatic rings. The minimum atomic E-state index is -0.0359. The zero-order valence-corrected chi connectivity index (χ0v) is 16.8. The predicted molar refractivity (Wildman–Crippen MR) is 105 cm³/mol. The van der Waals surface area contributed by atoms with E-state index in [2.05, 4.69) is 21.2 Å². The van der Waals surface area contributed by atoms with Crippen molar-refractivity contribution in [3.63, 3.8) is 0 Å². The Labute approximate surface area is 162 Å². The van der Waals surface area contributed by atoms with Crippen molar-refractivity contribution in [1.82, 2.24) is 10.2 Å². The van der Waals surface area contributed by atoms with Crippen molar-refractivity contribution in [2.75, 3.05) is 21.2 Å². The predicted octanol–water partition coefficient (Wildman–Crippen LogP) is 3.41. The van der Waals surface area contributed by atoms with Crippen molar-refractivity contribution in [2.45, 2.75) is 19.4 Å². The first-order valence-electron chi connectivity index (χ1n) is 8.30. The molecule has 1 N–H and O–H groups in total. The van der Waals surface area contributed by atoms with Crippen molar-refractivity contribution >= 4 is 27.7 Å². The van der Waals surface area contributed by atoms with Gasteiger partial charge in [-0.25, -0.2) is 0 Å². The van der Waals surface area contributed by atoms with E-state index in [0.29, 0.717) is 24.9 Å². The Morgan fingerprint density at radius 1 is 1.08 bits per heavy atom. The zero-order chi connectivity index (χ0) is 19.1. The van der Waals surface area contributed by atoms with Gasteiger partial charge in [-0.1, -0.05) is 18.2 Å². The average Bonchev–Trinajstić information content (AvgIpc) is 2.64. The highest BCUT2D eigenvalue weighted by molar-refractivity contribution is 9.10. The highest BCUT2D eigenvalue weighted by Gasteiger charge is 2.08. The van der Waals surface area contributed by atoms with Crippen LogP contribution < -0.4 is 10.1 Å². The number of nitrogens with zero attached hydrogens (tertiary/aromatic N) is 1. The van der Waals surface area contributed by atoms with Crippen LogP contribution in [0.1, 0.15) is 27.9 Å². The molecule has 2 rings (SSSR count). The molecule has 0 spiro atoms. The zero-order valence-electron chi connectivity index (χ0n) is 15.2. The lowest BCUT2D eigenvalue weighted by Crippen LogP contribution is -2.23. The van der Waals surface area contributed by atoms with E-state index >= 15 is 0 Å². The standard InChI is InChI=1S/C20H23BrN2O3/c1-23(2)20(25)16-8-4-15(5-9-16)13-22-19(24)11-7-14-6-10-18(26-3)17(21)12-14/h4-6,8-10,12H,7,11,13H2,1-3H3,(H,22,24). The molecule has 0 radical (unpaired) electrons. The van der Waals surface area contributed by atoms with E-state index in [1.165, 1.54) is 4.90 Å². The van der Waals surface area contributed by atoms with Gasteiger partial charge in [0.15, 0.2) is 0 Å². The summed E-state index contributed by atoms with van der Waals surface area (Å²) in [6.45, 7) is 0.446. The molecule has 0 aromatic heterocycles. The highest BCUT2D eigenvalue weighted by atomic mass is 79.9. The Morgan fingerprint density at radius 2 is 1.73 bits per heavy atom. The minimum absolute atomic E-state index is 0.00890. The lowest BCUT2D eigenvalue weighted by molar-refractivity contribution is -0.121. The molecule has 138 valence electrons. The van der Waals surface area contributed by atoms with Gasteiger partial charge in [0.1, 0.15) is 5.75 Å². The molecule has 0 aliphatic heterocycles. The summed E-state index contributed by atoms with van der Waals surface area (Å²) in [7, 11) is 5.06. The fraction of sp³-hybridized carbons (Fsp3) is 0.300. The Bertz CT molecular complexity index is 773. The van der Waals surface area contributed by atoms with Crippen LogP contribution in [0.3, 0.4) is 0 Å². The summed E-state index contributed by atoms with van der Waals surface area (Å²) < 4.78 is 6.08. The second-order valence-electron chi connectivity index (χ2n) is 6.14. The summed E-state index contributed by atoms with van der Waals surface area (Å²) in [6.07, 6.45) is 1.07. The fourth-order valence-corrected chi connectivity index (χ4v) is 3.02. The average molecular weight is 419 g/mol. The molecule has 0 atom stereocenters. The summed E-state index contributed by atoms with van der Waals surface area (Å²) in [5.41, 5.74) is 2.66. The van der Waals surface area contributed by atoms with E-state index in [9.17, 15) is 9.59 Å². The number of hydrogen-bond donors (Lipinski definition) is 1. The van der Waals surface area contributed by atoms with Crippen LogP contribution >= 0.6 is 15.9 Å². The summed E-state index contributed by atoms with van der Waals surface area (Å²) in [5.74, 6) is 0.728. The SMILES string of the molecule is COc1ccc(CCC(=O)NCc2ccc(C(=O)N(C)C)cc2)cc1Br. The molecular weight excluding hydrogens is 396 g/mol. The van der Waals surface area contributed by atoms with Crippen LogP contribution in [-0.2, 0) is 17.8 Å². The third-order valence-electron chi connectivity index (χ3n) is 3.95. The first-order valence-corrected chi connectivity index (χ1v) is 9.09. The molecular formula is C20H23BrN2O3. The highest BCUT2D eigenvalue weighted by Crippen LogP contribution is 2.25. The number of hydrogen-bond acceptors (Lipinski definition) is 3. The van der Waals surface area contributed by atoms with Gasteiger partial charge in [0, 0.05) is 32.6 Å². The van der Waals surface area contributed by atoms with Crippen LogP contribution in [0.15, 0.2) is 46.9 Å². The molecule has 0 heterocycles. The van der Waals surface area contributed by atoms with E-state index in [0.717, 1.165) is 21.3 Å². The molecule has 6 heteroatoms. The van der Waals surface area contributed by atoms with E-state index in [1.807, 2.05) is 30.3 Å². The maximum atomic E-state index is 12.1. The van der Waals surface area contributed by atoms with Crippen molar-refractivity contribution in [3.8, 4) is 5.75 Å². The second-order valence-corrected chi connectivity index (χ2v) is 7.00. The van der Waals surface area contributed by atoms with Gasteiger partial charge < -0.3 is 15.0 Å². The third-order valence-corrected chi connectivity index (χ3v) is 4.57. The molecule has 0 aliphatic carbocycles. The normalized spacial score (nSPS) is 10.3. The van der Waals surface area contributed by atoms with Crippen molar-refractivity contribution < 1.29 is 14.3 Å². The second kappa shape index (κ2) is 9.38. The molecule has 0 fully saturated rings. The number of carbonyl (C=O) groups is 2. The molecule has 0 saturated carbocycles.